The Morgan fingerprint density at radius 3 is 2.78 bits per heavy atom. The van der Waals surface area contributed by atoms with E-state index in [4.69, 9.17) is 10.5 Å². The number of benzene rings is 1. The first-order valence-corrected chi connectivity index (χ1v) is 7.08. The van der Waals surface area contributed by atoms with Gasteiger partial charge >= 0.3 is 12.0 Å². The van der Waals surface area contributed by atoms with Crippen LogP contribution >= 0.6 is 0 Å². The lowest BCUT2D eigenvalue weighted by Gasteiger charge is -2.31. The highest BCUT2D eigenvalue weighted by Gasteiger charge is 2.28. The van der Waals surface area contributed by atoms with Crippen LogP contribution in [0.3, 0.4) is 0 Å². The van der Waals surface area contributed by atoms with Crippen LogP contribution in [0.5, 0.6) is 0 Å². The number of nitrogens with zero attached hydrogens (tertiary/aromatic N) is 1. The van der Waals surface area contributed by atoms with E-state index in [9.17, 15) is 14.4 Å². The van der Waals surface area contributed by atoms with Crippen molar-refractivity contribution < 1.29 is 23.9 Å². The summed E-state index contributed by atoms with van der Waals surface area (Å²) in [5.41, 5.74) is 6.84. The number of esters is 1. The molecule has 0 aliphatic carbocycles. The Kier molecular flexibility index (Phi) is 5.17. The highest BCUT2D eigenvalue weighted by atomic mass is 16.5. The van der Waals surface area contributed by atoms with Gasteiger partial charge in [-0.2, -0.15) is 0 Å². The van der Waals surface area contributed by atoms with Gasteiger partial charge in [0.2, 0.25) is 5.91 Å². The monoisotopic (exact) mass is 321 g/mol. The molecule has 8 heteroatoms. The Hall–Kier alpha value is -2.61. The Balaban J connectivity index is 2.10. The molecule has 1 aliphatic rings. The summed E-state index contributed by atoms with van der Waals surface area (Å²) < 4.78 is 9.86. The summed E-state index contributed by atoms with van der Waals surface area (Å²) in [7, 11) is 1.29. The highest BCUT2D eigenvalue weighted by molar-refractivity contribution is 5.95. The maximum Gasteiger partial charge on any atom is 0.337 e. The average molecular weight is 321 g/mol. The van der Waals surface area contributed by atoms with E-state index >= 15 is 0 Å². The molecular weight excluding hydrogens is 302 g/mol. The van der Waals surface area contributed by atoms with E-state index in [1.165, 1.54) is 12.0 Å². The molecule has 124 valence electrons. The summed E-state index contributed by atoms with van der Waals surface area (Å²) in [5.74, 6) is -1.09. The van der Waals surface area contributed by atoms with E-state index in [-0.39, 0.29) is 19.2 Å². The van der Waals surface area contributed by atoms with E-state index < -0.39 is 18.0 Å². The fraction of sp³-hybridized carbons (Fsp3) is 0.400. The number of urea groups is 1. The van der Waals surface area contributed by atoms with Gasteiger partial charge in [0.25, 0.3) is 0 Å². The molecule has 0 unspecified atom stereocenters. The summed E-state index contributed by atoms with van der Waals surface area (Å²) in [6.07, 6.45) is -0.808. The van der Waals surface area contributed by atoms with Crippen molar-refractivity contribution in [1.82, 2.24) is 4.90 Å². The quantitative estimate of drug-likeness (QED) is 0.788. The molecule has 0 radical (unpaired) electrons. The maximum absolute atomic E-state index is 12.3. The average Bonchev–Trinajstić information content (AvgIpc) is 2.56. The van der Waals surface area contributed by atoms with Gasteiger partial charge in [0.1, 0.15) is 0 Å². The molecule has 0 aromatic heterocycles. The third-order valence-corrected chi connectivity index (χ3v) is 3.57. The molecular formula is C15H19N3O5. The number of carbonyl (C=O) groups is 3. The van der Waals surface area contributed by atoms with Gasteiger partial charge in [-0.15, -0.1) is 0 Å². The summed E-state index contributed by atoms with van der Waals surface area (Å²) in [6.45, 7) is 2.49. The summed E-state index contributed by atoms with van der Waals surface area (Å²) in [5, 5.41) is 2.73. The lowest BCUT2D eigenvalue weighted by atomic mass is 10.1. The molecule has 0 spiro atoms. The lowest BCUT2D eigenvalue weighted by molar-refractivity contribution is -0.133. The smallest absolute Gasteiger partial charge is 0.337 e. The van der Waals surface area contributed by atoms with E-state index in [2.05, 4.69) is 10.1 Å². The second-order valence-electron chi connectivity index (χ2n) is 5.16. The van der Waals surface area contributed by atoms with Crippen molar-refractivity contribution >= 4 is 23.6 Å². The standard InChI is InChI=1S/C15H19N3O5/c1-9-3-4-10(14(20)22-2)7-11(9)17-15(21)18-5-6-23-12(8-18)13(16)19/h3-4,7,12H,5-6,8H2,1-2H3,(H2,16,19)(H,17,21)/t12-/m0/s1. The minimum atomic E-state index is -0.808. The number of aryl methyl sites for hydroxylation is 1. The molecule has 1 aromatic rings. The zero-order chi connectivity index (χ0) is 17.0. The minimum absolute atomic E-state index is 0.0942. The number of primary amides is 1. The molecule has 3 amide bonds. The number of rotatable bonds is 3. The predicted octanol–water partition coefficient (Wildman–Crippen LogP) is 0.500. The van der Waals surface area contributed by atoms with Crippen molar-refractivity contribution in [2.24, 2.45) is 5.73 Å². The van der Waals surface area contributed by atoms with Gasteiger partial charge in [-0.3, -0.25) is 4.79 Å². The Morgan fingerprint density at radius 1 is 1.39 bits per heavy atom. The van der Waals surface area contributed by atoms with E-state index in [0.29, 0.717) is 17.8 Å². The molecule has 23 heavy (non-hydrogen) atoms. The van der Waals surface area contributed by atoms with Crippen LogP contribution in [0.1, 0.15) is 15.9 Å². The number of nitrogens with one attached hydrogen (secondary N) is 1. The van der Waals surface area contributed by atoms with Crippen LogP contribution in [0.25, 0.3) is 0 Å². The molecule has 8 nitrogen and oxygen atoms in total. The predicted molar refractivity (Wildman–Crippen MR) is 82.0 cm³/mol. The van der Waals surface area contributed by atoms with Gasteiger partial charge < -0.3 is 25.4 Å². The van der Waals surface area contributed by atoms with Crippen LogP contribution in [-0.4, -0.2) is 55.7 Å². The van der Waals surface area contributed by atoms with Gasteiger partial charge in [0.15, 0.2) is 6.10 Å². The molecule has 0 saturated carbocycles. The van der Waals surface area contributed by atoms with E-state index in [0.717, 1.165) is 5.56 Å². The summed E-state index contributed by atoms with van der Waals surface area (Å²) in [6, 6.07) is 4.50. The molecule has 1 aliphatic heterocycles. The number of carbonyl (C=O) groups excluding carboxylic acids is 3. The third-order valence-electron chi connectivity index (χ3n) is 3.57. The Labute approximate surface area is 133 Å². The first kappa shape index (κ1) is 16.8. The Morgan fingerprint density at radius 2 is 2.13 bits per heavy atom. The molecule has 0 bridgehead atoms. The molecule has 1 fully saturated rings. The summed E-state index contributed by atoms with van der Waals surface area (Å²) >= 11 is 0. The van der Waals surface area contributed by atoms with E-state index in [1.54, 1.807) is 18.2 Å². The number of nitrogens with two attached hydrogens (primary N) is 1. The molecule has 2 rings (SSSR count). The second kappa shape index (κ2) is 7.10. The van der Waals surface area contributed by atoms with Gasteiger partial charge in [-0.25, -0.2) is 9.59 Å². The van der Waals surface area contributed by atoms with Crippen molar-refractivity contribution in [2.45, 2.75) is 13.0 Å². The first-order chi connectivity index (χ1) is 10.9. The van der Waals surface area contributed by atoms with Crippen molar-refractivity contribution in [3.63, 3.8) is 0 Å². The number of hydrogen-bond acceptors (Lipinski definition) is 5. The summed E-state index contributed by atoms with van der Waals surface area (Å²) in [4.78, 5) is 36.5. The molecule has 3 N–H and O–H groups in total. The van der Waals surface area contributed by atoms with Crippen LogP contribution in [0.2, 0.25) is 0 Å². The van der Waals surface area contributed by atoms with Gasteiger partial charge in [0, 0.05) is 12.2 Å². The fourth-order valence-corrected chi connectivity index (χ4v) is 2.20. The van der Waals surface area contributed by atoms with Crippen molar-refractivity contribution in [3.8, 4) is 0 Å². The fourth-order valence-electron chi connectivity index (χ4n) is 2.20. The minimum Gasteiger partial charge on any atom is -0.465 e. The van der Waals surface area contributed by atoms with Crippen LogP contribution in [0, 0.1) is 6.92 Å². The Bertz CT molecular complexity index is 632. The third kappa shape index (κ3) is 3.98. The number of morpholine rings is 1. The number of hydrogen-bond donors (Lipinski definition) is 2. The van der Waals surface area contributed by atoms with E-state index in [1.807, 2.05) is 6.92 Å². The first-order valence-electron chi connectivity index (χ1n) is 7.08. The van der Waals surface area contributed by atoms with Crippen LogP contribution in [-0.2, 0) is 14.3 Å². The molecule has 1 heterocycles. The number of ether oxygens (including phenoxy) is 2. The second-order valence-corrected chi connectivity index (χ2v) is 5.16. The van der Waals surface area contributed by atoms with Gasteiger partial charge in [-0.05, 0) is 24.6 Å². The number of anilines is 1. The zero-order valence-electron chi connectivity index (χ0n) is 13.0. The van der Waals surface area contributed by atoms with Crippen molar-refractivity contribution in [3.05, 3.63) is 29.3 Å². The van der Waals surface area contributed by atoms with Crippen molar-refractivity contribution in [1.29, 1.82) is 0 Å². The number of amides is 3. The van der Waals surface area contributed by atoms with Gasteiger partial charge in [0.05, 0.1) is 25.8 Å². The lowest BCUT2D eigenvalue weighted by Crippen LogP contribution is -2.51. The van der Waals surface area contributed by atoms with Crippen LogP contribution in [0.4, 0.5) is 10.5 Å². The molecule has 1 saturated heterocycles. The largest absolute Gasteiger partial charge is 0.465 e. The normalized spacial score (nSPS) is 17.5. The maximum atomic E-state index is 12.3. The zero-order valence-corrected chi connectivity index (χ0v) is 13.0. The topological polar surface area (TPSA) is 111 Å². The number of methoxy groups -OCH3 is 1. The van der Waals surface area contributed by atoms with Gasteiger partial charge in [-0.1, -0.05) is 6.07 Å². The SMILES string of the molecule is COC(=O)c1ccc(C)c(NC(=O)N2CCO[C@H](C(N)=O)C2)c1. The molecule has 1 aromatic carbocycles. The highest BCUT2D eigenvalue weighted by Crippen LogP contribution is 2.18. The van der Waals surface area contributed by atoms with Crippen LogP contribution < -0.4 is 11.1 Å². The van der Waals surface area contributed by atoms with Crippen molar-refractivity contribution in [2.75, 3.05) is 32.1 Å². The molecule has 1 atom stereocenters. The van der Waals surface area contributed by atoms with Crippen LogP contribution in [0.15, 0.2) is 18.2 Å².